The third kappa shape index (κ3) is 5.97. The first-order valence-electron chi connectivity index (χ1n) is 9.80. The van der Waals surface area contributed by atoms with Crippen molar-refractivity contribution in [2.45, 2.75) is 45.9 Å². The third-order valence-electron chi connectivity index (χ3n) is 4.74. The highest BCUT2D eigenvalue weighted by Crippen LogP contribution is 2.20. The SMILES string of the molecule is CCCC(NCc1ccc(OCc2cccc(C)c2)cc1)c1ccccc1. The number of benzene rings is 3. The number of rotatable bonds is 9. The predicted molar refractivity (Wildman–Crippen MR) is 113 cm³/mol. The van der Waals surface area contributed by atoms with E-state index in [9.17, 15) is 0 Å². The average molecular weight is 360 g/mol. The molecule has 3 aromatic rings. The average Bonchev–Trinajstić information content (AvgIpc) is 2.71. The van der Waals surface area contributed by atoms with Crippen LogP contribution in [0.25, 0.3) is 0 Å². The van der Waals surface area contributed by atoms with Gasteiger partial charge in [0.05, 0.1) is 0 Å². The topological polar surface area (TPSA) is 21.3 Å². The molecule has 0 spiro atoms. The van der Waals surface area contributed by atoms with Crippen LogP contribution in [0.4, 0.5) is 0 Å². The van der Waals surface area contributed by atoms with Crippen molar-refractivity contribution >= 4 is 0 Å². The van der Waals surface area contributed by atoms with Gasteiger partial charge in [-0.15, -0.1) is 0 Å². The van der Waals surface area contributed by atoms with E-state index >= 15 is 0 Å². The van der Waals surface area contributed by atoms with Crippen molar-refractivity contribution in [3.8, 4) is 5.75 Å². The predicted octanol–water partition coefficient (Wildman–Crippen LogP) is 6.21. The number of aryl methyl sites for hydroxylation is 1. The second kappa shape index (κ2) is 9.94. The van der Waals surface area contributed by atoms with Gasteiger partial charge in [-0.1, -0.05) is 85.6 Å². The summed E-state index contributed by atoms with van der Waals surface area (Å²) in [5, 5.41) is 3.70. The summed E-state index contributed by atoms with van der Waals surface area (Å²) in [6.07, 6.45) is 2.31. The summed E-state index contributed by atoms with van der Waals surface area (Å²) in [5.41, 5.74) is 5.09. The lowest BCUT2D eigenvalue weighted by molar-refractivity contribution is 0.306. The monoisotopic (exact) mass is 359 g/mol. The first-order valence-corrected chi connectivity index (χ1v) is 9.80. The molecule has 0 amide bonds. The number of nitrogens with one attached hydrogen (secondary N) is 1. The second-order valence-electron chi connectivity index (χ2n) is 7.05. The molecule has 0 saturated carbocycles. The molecule has 0 heterocycles. The fourth-order valence-electron chi connectivity index (χ4n) is 3.27. The van der Waals surface area contributed by atoms with Gasteiger partial charge in [-0.25, -0.2) is 0 Å². The smallest absolute Gasteiger partial charge is 0.119 e. The zero-order valence-electron chi connectivity index (χ0n) is 16.3. The van der Waals surface area contributed by atoms with Gasteiger partial charge >= 0.3 is 0 Å². The molecule has 0 fully saturated rings. The Hall–Kier alpha value is -2.58. The van der Waals surface area contributed by atoms with Gasteiger partial charge < -0.3 is 10.1 Å². The van der Waals surface area contributed by atoms with Gasteiger partial charge in [-0.3, -0.25) is 0 Å². The molecule has 0 aromatic heterocycles. The van der Waals surface area contributed by atoms with Gasteiger partial charge in [-0.05, 0) is 42.2 Å². The highest BCUT2D eigenvalue weighted by atomic mass is 16.5. The Labute approximate surface area is 163 Å². The van der Waals surface area contributed by atoms with Crippen molar-refractivity contribution < 1.29 is 4.74 Å². The first kappa shape index (κ1) is 19.2. The van der Waals surface area contributed by atoms with E-state index in [1.165, 1.54) is 22.3 Å². The van der Waals surface area contributed by atoms with E-state index in [-0.39, 0.29) is 0 Å². The van der Waals surface area contributed by atoms with Crippen LogP contribution in [0.2, 0.25) is 0 Å². The lowest BCUT2D eigenvalue weighted by atomic mass is 10.0. The van der Waals surface area contributed by atoms with Gasteiger partial charge in [0.15, 0.2) is 0 Å². The molecule has 1 atom stereocenters. The molecular weight excluding hydrogens is 330 g/mol. The number of hydrogen-bond acceptors (Lipinski definition) is 2. The summed E-state index contributed by atoms with van der Waals surface area (Å²) in [6, 6.07) is 27.9. The quantitative estimate of drug-likeness (QED) is 0.491. The second-order valence-corrected chi connectivity index (χ2v) is 7.05. The largest absolute Gasteiger partial charge is 0.489 e. The highest BCUT2D eigenvalue weighted by Gasteiger charge is 2.09. The molecule has 2 nitrogen and oxygen atoms in total. The maximum absolute atomic E-state index is 5.92. The molecule has 0 aliphatic heterocycles. The Morgan fingerprint density at radius 1 is 0.852 bits per heavy atom. The third-order valence-corrected chi connectivity index (χ3v) is 4.74. The van der Waals surface area contributed by atoms with Crippen LogP contribution in [-0.4, -0.2) is 0 Å². The minimum atomic E-state index is 0.397. The van der Waals surface area contributed by atoms with Gasteiger partial charge in [0, 0.05) is 12.6 Å². The van der Waals surface area contributed by atoms with E-state index in [2.05, 4.69) is 98.0 Å². The van der Waals surface area contributed by atoms with E-state index in [4.69, 9.17) is 4.74 Å². The molecule has 0 aliphatic carbocycles. The molecule has 3 aromatic carbocycles. The summed E-state index contributed by atoms with van der Waals surface area (Å²) in [4.78, 5) is 0. The molecule has 27 heavy (non-hydrogen) atoms. The lowest BCUT2D eigenvalue weighted by Crippen LogP contribution is -2.20. The summed E-state index contributed by atoms with van der Waals surface area (Å²) in [6.45, 7) is 5.80. The summed E-state index contributed by atoms with van der Waals surface area (Å²) in [5.74, 6) is 0.911. The highest BCUT2D eigenvalue weighted by molar-refractivity contribution is 5.29. The van der Waals surface area contributed by atoms with Crippen LogP contribution in [0.5, 0.6) is 5.75 Å². The molecule has 140 valence electrons. The van der Waals surface area contributed by atoms with Crippen LogP contribution in [0.15, 0.2) is 78.9 Å². The fraction of sp³-hybridized carbons (Fsp3) is 0.280. The van der Waals surface area contributed by atoms with Crippen molar-refractivity contribution in [3.05, 3.63) is 101 Å². The van der Waals surface area contributed by atoms with Crippen LogP contribution >= 0.6 is 0 Å². The Morgan fingerprint density at radius 3 is 2.33 bits per heavy atom. The Bertz CT molecular complexity index is 811. The van der Waals surface area contributed by atoms with Crippen LogP contribution in [-0.2, 0) is 13.2 Å². The zero-order valence-corrected chi connectivity index (χ0v) is 16.3. The van der Waals surface area contributed by atoms with Crippen molar-refractivity contribution in [3.63, 3.8) is 0 Å². The number of hydrogen-bond donors (Lipinski definition) is 1. The van der Waals surface area contributed by atoms with Gasteiger partial charge in [0.2, 0.25) is 0 Å². The van der Waals surface area contributed by atoms with Crippen LogP contribution in [0, 0.1) is 6.92 Å². The van der Waals surface area contributed by atoms with Crippen molar-refractivity contribution in [1.82, 2.24) is 5.32 Å². The Morgan fingerprint density at radius 2 is 1.63 bits per heavy atom. The van der Waals surface area contributed by atoms with Gasteiger partial charge in [-0.2, -0.15) is 0 Å². The minimum absolute atomic E-state index is 0.397. The molecule has 0 saturated heterocycles. The maximum atomic E-state index is 5.92. The summed E-state index contributed by atoms with van der Waals surface area (Å²) < 4.78 is 5.92. The zero-order chi connectivity index (χ0) is 18.9. The first-order chi connectivity index (χ1) is 13.2. The Kier molecular flexibility index (Phi) is 7.06. The summed E-state index contributed by atoms with van der Waals surface area (Å²) in [7, 11) is 0. The standard InChI is InChI=1S/C25H29NO/c1-3-8-25(23-11-5-4-6-12-23)26-18-21-13-15-24(16-14-21)27-19-22-10-7-9-20(2)17-22/h4-7,9-17,25-26H,3,8,18-19H2,1-2H3. The van der Waals surface area contributed by atoms with Crippen LogP contribution in [0.1, 0.15) is 48.1 Å². The molecule has 1 N–H and O–H groups in total. The van der Waals surface area contributed by atoms with Gasteiger partial charge in [0.1, 0.15) is 12.4 Å². The minimum Gasteiger partial charge on any atom is -0.489 e. The number of ether oxygens (including phenoxy) is 1. The van der Waals surface area contributed by atoms with E-state index < -0.39 is 0 Å². The lowest BCUT2D eigenvalue weighted by Gasteiger charge is -2.19. The van der Waals surface area contributed by atoms with E-state index in [1.807, 2.05) is 0 Å². The molecule has 0 bridgehead atoms. The van der Waals surface area contributed by atoms with E-state index in [0.29, 0.717) is 12.6 Å². The van der Waals surface area contributed by atoms with E-state index in [0.717, 1.165) is 25.1 Å². The van der Waals surface area contributed by atoms with Crippen molar-refractivity contribution in [1.29, 1.82) is 0 Å². The summed E-state index contributed by atoms with van der Waals surface area (Å²) >= 11 is 0. The van der Waals surface area contributed by atoms with Crippen molar-refractivity contribution in [2.75, 3.05) is 0 Å². The van der Waals surface area contributed by atoms with Crippen LogP contribution in [0.3, 0.4) is 0 Å². The molecule has 3 rings (SSSR count). The Balaban J connectivity index is 1.53. The van der Waals surface area contributed by atoms with E-state index in [1.54, 1.807) is 0 Å². The van der Waals surface area contributed by atoms with Crippen molar-refractivity contribution in [2.24, 2.45) is 0 Å². The maximum Gasteiger partial charge on any atom is 0.119 e. The molecule has 0 radical (unpaired) electrons. The van der Waals surface area contributed by atoms with Gasteiger partial charge in [0.25, 0.3) is 0 Å². The molecule has 0 aliphatic rings. The molecule has 1 unspecified atom stereocenters. The normalized spacial score (nSPS) is 11.9. The molecular formula is C25H29NO. The molecule has 2 heteroatoms. The van der Waals surface area contributed by atoms with Crippen LogP contribution < -0.4 is 10.1 Å². The fourth-order valence-corrected chi connectivity index (χ4v) is 3.27.